The first-order chi connectivity index (χ1) is 17.5. The summed E-state index contributed by atoms with van der Waals surface area (Å²) >= 11 is 0. The maximum Gasteiger partial charge on any atom is 0.347 e. The number of hydrogen-bond donors (Lipinski definition) is 3. The minimum Gasteiger partial charge on any atom is -0.481 e. The second kappa shape index (κ2) is 12.7. The molecule has 2 aliphatic rings. The Labute approximate surface area is 220 Å². The van der Waals surface area contributed by atoms with Gasteiger partial charge in [0.2, 0.25) is 0 Å². The van der Waals surface area contributed by atoms with Crippen LogP contribution in [0.1, 0.15) is 76.3 Å². The summed E-state index contributed by atoms with van der Waals surface area (Å²) in [5, 5.41) is 29.8. The Hall–Kier alpha value is -2.64. The lowest BCUT2D eigenvalue weighted by Gasteiger charge is -2.42. The molecule has 3 rings (SSSR count). The number of aryl methyl sites for hydroxylation is 1. The zero-order valence-corrected chi connectivity index (χ0v) is 22.5. The van der Waals surface area contributed by atoms with E-state index in [-0.39, 0.29) is 55.5 Å². The van der Waals surface area contributed by atoms with E-state index in [1.807, 2.05) is 39.0 Å². The highest BCUT2D eigenvalue weighted by Crippen LogP contribution is 2.44. The van der Waals surface area contributed by atoms with Gasteiger partial charge in [0.1, 0.15) is 11.9 Å². The topological polar surface area (TPSA) is 113 Å². The number of carboxylic acids is 1. The predicted octanol–water partition coefficient (Wildman–Crippen LogP) is 5.25. The molecule has 0 spiro atoms. The molecular formula is C30H42O7. The largest absolute Gasteiger partial charge is 0.481 e. The van der Waals surface area contributed by atoms with E-state index in [2.05, 4.69) is 25.2 Å². The Morgan fingerprint density at radius 1 is 1.19 bits per heavy atom. The number of benzene rings is 1. The van der Waals surface area contributed by atoms with Crippen LogP contribution in [0.3, 0.4) is 0 Å². The number of ether oxygens (including phenoxy) is 2. The molecule has 2 aliphatic carbocycles. The van der Waals surface area contributed by atoms with Gasteiger partial charge in [0.25, 0.3) is 0 Å². The van der Waals surface area contributed by atoms with Crippen LogP contribution in [0.15, 0.2) is 42.0 Å². The van der Waals surface area contributed by atoms with Crippen LogP contribution < -0.4 is 4.74 Å². The summed E-state index contributed by atoms with van der Waals surface area (Å²) in [6.45, 7) is 7.99. The van der Waals surface area contributed by atoms with Crippen LogP contribution in [-0.2, 0) is 14.3 Å². The molecule has 204 valence electrons. The van der Waals surface area contributed by atoms with Crippen molar-refractivity contribution in [3.8, 4) is 5.75 Å². The van der Waals surface area contributed by atoms with Crippen LogP contribution >= 0.6 is 0 Å². The number of aliphatic hydroxyl groups is 2. The Kier molecular flexibility index (Phi) is 9.96. The van der Waals surface area contributed by atoms with Crippen molar-refractivity contribution in [1.82, 2.24) is 0 Å². The maximum absolute atomic E-state index is 13.3. The number of carbonyl (C=O) groups excluding carboxylic acids is 1. The molecule has 0 aromatic heterocycles. The van der Waals surface area contributed by atoms with Crippen LogP contribution in [0.4, 0.5) is 0 Å². The number of fused-ring (bicyclic) bond motifs is 1. The zero-order chi connectivity index (χ0) is 27.2. The summed E-state index contributed by atoms with van der Waals surface area (Å²) in [6, 6.07) is 5.79. The normalized spacial score (nSPS) is 24.1. The number of carbonyl (C=O) groups is 2. The van der Waals surface area contributed by atoms with Gasteiger partial charge < -0.3 is 24.8 Å². The van der Waals surface area contributed by atoms with E-state index in [0.717, 1.165) is 23.1 Å². The van der Waals surface area contributed by atoms with Crippen molar-refractivity contribution in [3.63, 3.8) is 0 Å². The molecule has 0 heterocycles. The average molecular weight is 515 g/mol. The molecule has 7 nitrogen and oxygen atoms in total. The van der Waals surface area contributed by atoms with Gasteiger partial charge >= 0.3 is 11.9 Å². The van der Waals surface area contributed by atoms with Crippen molar-refractivity contribution in [2.45, 2.75) is 97.1 Å². The SMILES string of the molecule is CCC(Oc1cccc(C)c1C)C(=O)OC1CCC=C2C=CC(C)C(CCC(O)(O)CCCC(=O)O)C21. The van der Waals surface area contributed by atoms with E-state index < -0.39 is 17.9 Å². The first kappa shape index (κ1) is 28.9. The predicted molar refractivity (Wildman–Crippen MR) is 141 cm³/mol. The molecule has 5 unspecified atom stereocenters. The first-order valence-corrected chi connectivity index (χ1v) is 13.5. The highest BCUT2D eigenvalue weighted by molar-refractivity contribution is 5.75. The van der Waals surface area contributed by atoms with Crippen LogP contribution in [0.25, 0.3) is 0 Å². The molecule has 0 saturated carbocycles. The fraction of sp³-hybridized carbons (Fsp3) is 0.600. The third-order valence-electron chi connectivity index (χ3n) is 7.92. The van der Waals surface area contributed by atoms with Crippen LogP contribution in [0.5, 0.6) is 5.75 Å². The van der Waals surface area contributed by atoms with Crippen LogP contribution in [0, 0.1) is 31.6 Å². The summed E-state index contributed by atoms with van der Waals surface area (Å²) in [5.41, 5.74) is 3.23. The Bertz CT molecular complexity index is 1010. The smallest absolute Gasteiger partial charge is 0.347 e. The highest BCUT2D eigenvalue weighted by atomic mass is 16.6. The molecule has 1 aromatic rings. The van der Waals surface area contributed by atoms with Gasteiger partial charge in [0.15, 0.2) is 11.9 Å². The van der Waals surface area contributed by atoms with Gasteiger partial charge in [-0.3, -0.25) is 4.79 Å². The van der Waals surface area contributed by atoms with E-state index in [1.165, 1.54) is 0 Å². The second-order valence-corrected chi connectivity index (χ2v) is 10.6. The van der Waals surface area contributed by atoms with Gasteiger partial charge in [-0.1, -0.05) is 44.2 Å². The minimum atomic E-state index is -1.92. The number of hydrogen-bond acceptors (Lipinski definition) is 6. The summed E-state index contributed by atoms with van der Waals surface area (Å²) < 4.78 is 12.2. The molecule has 0 radical (unpaired) electrons. The van der Waals surface area contributed by atoms with Gasteiger partial charge in [-0.25, -0.2) is 4.79 Å². The molecule has 0 fully saturated rings. The Balaban J connectivity index is 1.70. The van der Waals surface area contributed by atoms with Crippen LogP contribution in [0.2, 0.25) is 0 Å². The first-order valence-electron chi connectivity index (χ1n) is 13.5. The lowest BCUT2D eigenvalue weighted by Crippen LogP contribution is -2.42. The standard InChI is InChI=1S/C30H42O7/c1-5-24(36-25-11-6-9-19(2)21(25)4)29(33)37-26-12-7-10-22-15-14-20(3)23(28(22)26)16-18-30(34,35)17-8-13-27(31)32/h6,9-11,14-15,20,23-24,26,28,34-35H,5,7-8,12-13,16-18H2,1-4H3,(H,31,32). The van der Waals surface area contributed by atoms with Crippen molar-refractivity contribution in [3.05, 3.63) is 53.1 Å². The average Bonchev–Trinajstić information content (AvgIpc) is 2.84. The van der Waals surface area contributed by atoms with Crippen LogP contribution in [-0.4, -0.2) is 45.3 Å². The molecule has 0 aliphatic heterocycles. The summed E-state index contributed by atoms with van der Waals surface area (Å²) in [6.07, 6.45) is 8.18. The fourth-order valence-corrected chi connectivity index (χ4v) is 5.53. The van der Waals surface area contributed by atoms with Crippen molar-refractivity contribution >= 4 is 11.9 Å². The Morgan fingerprint density at radius 3 is 2.65 bits per heavy atom. The van der Waals surface area contributed by atoms with Crippen molar-refractivity contribution in [1.29, 1.82) is 0 Å². The fourth-order valence-electron chi connectivity index (χ4n) is 5.53. The summed E-state index contributed by atoms with van der Waals surface area (Å²) in [5.74, 6) is -2.36. The van der Waals surface area contributed by atoms with E-state index in [1.54, 1.807) is 0 Å². The monoisotopic (exact) mass is 514 g/mol. The lowest BCUT2D eigenvalue weighted by molar-refractivity contribution is -0.177. The van der Waals surface area contributed by atoms with Gasteiger partial charge in [-0.2, -0.15) is 0 Å². The lowest BCUT2D eigenvalue weighted by atomic mass is 9.66. The molecule has 5 atom stereocenters. The molecular weight excluding hydrogens is 472 g/mol. The van der Waals surface area contributed by atoms with Crippen molar-refractivity contribution < 1.29 is 34.4 Å². The third-order valence-corrected chi connectivity index (χ3v) is 7.92. The minimum absolute atomic E-state index is 0.00983. The van der Waals surface area contributed by atoms with Gasteiger partial charge in [-0.05, 0) is 80.6 Å². The van der Waals surface area contributed by atoms with E-state index in [9.17, 15) is 19.8 Å². The van der Waals surface area contributed by atoms with E-state index in [4.69, 9.17) is 14.6 Å². The second-order valence-electron chi connectivity index (χ2n) is 10.6. The number of allylic oxidation sites excluding steroid dienone is 3. The van der Waals surface area contributed by atoms with Gasteiger partial charge in [0, 0.05) is 25.2 Å². The molecule has 0 bridgehead atoms. The number of aliphatic carboxylic acids is 1. The molecule has 0 amide bonds. The number of rotatable bonds is 12. The molecule has 0 saturated heterocycles. The Morgan fingerprint density at radius 2 is 1.95 bits per heavy atom. The summed E-state index contributed by atoms with van der Waals surface area (Å²) in [7, 11) is 0. The van der Waals surface area contributed by atoms with Crippen molar-refractivity contribution in [2.75, 3.05) is 0 Å². The summed E-state index contributed by atoms with van der Waals surface area (Å²) in [4.78, 5) is 24.1. The number of carboxylic acid groups (broad SMARTS) is 1. The highest BCUT2D eigenvalue weighted by Gasteiger charge is 2.41. The quantitative estimate of drug-likeness (QED) is 0.258. The maximum atomic E-state index is 13.3. The van der Waals surface area contributed by atoms with Crippen molar-refractivity contribution in [2.24, 2.45) is 17.8 Å². The zero-order valence-electron chi connectivity index (χ0n) is 22.5. The number of esters is 1. The van der Waals surface area contributed by atoms with Gasteiger partial charge in [0.05, 0.1) is 0 Å². The van der Waals surface area contributed by atoms with E-state index >= 15 is 0 Å². The molecule has 37 heavy (non-hydrogen) atoms. The third kappa shape index (κ3) is 7.68. The van der Waals surface area contributed by atoms with E-state index in [0.29, 0.717) is 25.0 Å². The molecule has 1 aromatic carbocycles. The molecule has 7 heteroatoms. The van der Waals surface area contributed by atoms with Gasteiger partial charge in [-0.15, -0.1) is 0 Å². The molecule has 3 N–H and O–H groups in total.